The molecule has 1 aromatic heterocycles. The van der Waals surface area contributed by atoms with Crippen molar-refractivity contribution in [3.63, 3.8) is 0 Å². The molecule has 0 saturated heterocycles. The Morgan fingerprint density at radius 1 is 1.33 bits per heavy atom. The molecule has 2 aromatic rings. The number of amides is 1. The van der Waals surface area contributed by atoms with E-state index in [4.69, 9.17) is 5.73 Å². The first kappa shape index (κ1) is 11.9. The summed E-state index contributed by atoms with van der Waals surface area (Å²) in [7, 11) is 0. The van der Waals surface area contributed by atoms with Crippen molar-refractivity contribution in [1.82, 2.24) is 10.3 Å². The third kappa shape index (κ3) is 2.57. The van der Waals surface area contributed by atoms with Gasteiger partial charge in [-0.2, -0.15) is 0 Å². The van der Waals surface area contributed by atoms with Gasteiger partial charge in [-0.1, -0.05) is 12.1 Å². The molecule has 1 aromatic carbocycles. The van der Waals surface area contributed by atoms with Crippen LogP contribution in [0.2, 0.25) is 0 Å². The van der Waals surface area contributed by atoms with E-state index in [9.17, 15) is 9.90 Å². The smallest absolute Gasteiger partial charge is 0.255 e. The molecule has 18 heavy (non-hydrogen) atoms. The molecule has 5 heteroatoms. The summed E-state index contributed by atoms with van der Waals surface area (Å²) in [4.78, 5) is 15.8. The first-order valence-electron chi connectivity index (χ1n) is 5.43. The molecule has 0 atom stereocenters. The van der Waals surface area contributed by atoms with Gasteiger partial charge in [0.1, 0.15) is 0 Å². The van der Waals surface area contributed by atoms with E-state index >= 15 is 0 Å². The summed E-state index contributed by atoms with van der Waals surface area (Å²) in [6.07, 6.45) is 3.33. The summed E-state index contributed by atoms with van der Waals surface area (Å²) in [5.74, 6) is -0.565. The highest BCUT2D eigenvalue weighted by atomic mass is 16.3. The fourth-order valence-electron chi connectivity index (χ4n) is 1.52. The number of hydrogen-bond donors (Lipinski definition) is 3. The molecule has 0 aliphatic carbocycles. The Balaban J connectivity index is 2.07. The van der Waals surface area contributed by atoms with Crippen molar-refractivity contribution in [2.45, 2.75) is 6.54 Å². The lowest BCUT2D eigenvalue weighted by molar-refractivity contribution is 0.0948. The molecule has 4 N–H and O–H groups in total. The van der Waals surface area contributed by atoms with Crippen LogP contribution < -0.4 is 11.1 Å². The van der Waals surface area contributed by atoms with E-state index in [0.29, 0.717) is 6.54 Å². The first-order chi connectivity index (χ1) is 8.68. The number of rotatable bonds is 3. The van der Waals surface area contributed by atoms with Crippen LogP contribution >= 0.6 is 0 Å². The Morgan fingerprint density at radius 2 is 2.17 bits per heavy atom. The van der Waals surface area contributed by atoms with E-state index in [0.717, 1.165) is 5.56 Å². The summed E-state index contributed by atoms with van der Waals surface area (Å²) in [5.41, 5.74) is 6.76. The average Bonchev–Trinajstić information content (AvgIpc) is 2.40. The minimum Gasteiger partial charge on any atom is -0.505 e. The van der Waals surface area contributed by atoms with E-state index in [-0.39, 0.29) is 22.9 Å². The third-order valence-corrected chi connectivity index (χ3v) is 2.49. The minimum atomic E-state index is -0.372. The SMILES string of the molecule is Nc1cccc(C(=O)NCc2cccnc2)c1O. The molecule has 92 valence electrons. The van der Waals surface area contributed by atoms with Crippen LogP contribution in [0.3, 0.4) is 0 Å². The van der Waals surface area contributed by atoms with Crippen LogP contribution in [-0.2, 0) is 6.54 Å². The summed E-state index contributed by atoms with van der Waals surface area (Å²) in [5, 5.41) is 12.4. The minimum absolute atomic E-state index is 0.166. The molecule has 0 aliphatic rings. The van der Waals surface area contributed by atoms with Gasteiger partial charge < -0.3 is 16.2 Å². The van der Waals surface area contributed by atoms with E-state index in [1.54, 1.807) is 24.5 Å². The van der Waals surface area contributed by atoms with Crippen LogP contribution in [0.5, 0.6) is 5.75 Å². The number of para-hydroxylation sites is 1. The van der Waals surface area contributed by atoms with Gasteiger partial charge in [0.05, 0.1) is 11.3 Å². The summed E-state index contributed by atoms with van der Waals surface area (Å²) >= 11 is 0. The second kappa shape index (κ2) is 5.18. The number of carbonyl (C=O) groups is 1. The van der Waals surface area contributed by atoms with Gasteiger partial charge in [-0.3, -0.25) is 9.78 Å². The monoisotopic (exact) mass is 243 g/mol. The van der Waals surface area contributed by atoms with E-state index in [1.165, 1.54) is 12.1 Å². The topological polar surface area (TPSA) is 88.2 Å². The number of nitrogen functional groups attached to an aromatic ring is 1. The van der Waals surface area contributed by atoms with Gasteiger partial charge in [0.2, 0.25) is 0 Å². The summed E-state index contributed by atoms with van der Waals surface area (Å²) in [6, 6.07) is 8.32. The van der Waals surface area contributed by atoms with Crippen LogP contribution in [0, 0.1) is 0 Å². The maximum Gasteiger partial charge on any atom is 0.255 e. The molecular formula is C13H13N3O2. The highest BCUT2D eigenvalue weighted by molar-refractivity contribution is 5.98. The number of carbonyl (C=O) groups excluding carboxylic acids is 1. The average molecular weight is 243 g/mol. The van der Waals surface area contributed by atoms with Gasteiger partial charge in [-0.25, -0.2) is 0 Å². The van der Waals surface area contributed by atoms with Gasteiger partial charge in [0.25, 0.3) is 5.91 Å². The lowest BCUT2D eigenvalue weighted by Gasteiger charge is -2.08. The van der Waals surface area contributed by atoms with Crippen LogP contribution in [0.1, 0.15) is 15.9 Å². The zero-order valence-corrected chi connectivity index (χ0v) is 9.63. The van der Waals surface area contributed by atoms with Crippen molar-refractivity contribution >= 4 is 11.6 Å². The molecular weight excluding hydrogens is 230 g/mol. The molecule has 0 aliphatic heterocycles. The van der Waals surface area contributed by atoms with Crippen molar-refractivity contribution in [1.29, 1.82) is 0 Å². The maximum atomic E-state index is 11.8. The molecule has 0 fully saturated rings. The first-order valence-corrected chi connectivity index (χ1v) is 5.43. The standard InChI is InChI=1S/C13H13N3O2/c14-11-5-1-4-10(12(11)17)13(18)16-8-9-3-2-6-15-7-9/h1-7,17H,8,14H2,(H,16,18). The van der Waals surface area contributed by atoms with Gasteiger partial charge in [-0.05, 0) is 23.8 Å². The largest absolute Gasteiger partial charge is 0.505 e. The fourth-order valence-corrected chi connectivity index (χ4v) is 1.52. The lowest BCUT2D eigenvalue weighted by Crippen LogP contribution is -2.23. The summed E-state index contributed by atoms with van der Waals surface area (Å²) in [6.45, 7) is 0.348. The van der Waals surface area contributed by atoms with E-state index in [2.05, 4.69) is 10.3 Å². The van der Waals surface area contributed by atoms with Gasteiger partial charge in [-0.15, -0.1) is 0 Å². The van der Waals surface area contributed by atoms with Gasteiger partial charge >= 0.3 is 0 Å². The number of aromatic nitrogens is 1. The number of nitrogens with one attached hydrogen (secondary N) is 1. The molecule has 1 amide bonds. The second-order valence-corrected chi connectivity index (χ2v) is 3.79. The van der Waals surface area contributed by atoms with Crippen molar-refractivity contribution < 1.29 is 9.90 Å². The van der Waals surface area contributed by atoms with Crippen molar-refractivity contribution in [3.8, 4) is 5.75 Å². The fraction of sp³-hybridized carbons (Fsp3) is 0.0769. The van der Waals surface area contributed by atoms with Crippen molar-refractivity contribution in [3.05, 3.63) is 53.9 Å². The van der Waals surface area contributed by atoms with Gasteiger partial charge in [0.15, 0.2) is 5.75 Å². The molecule has 1 heterocycles. The van der Waals surface area contributed by atoms with Crippen LogP contribution in [0.25, 0.3) is 0 Å². The number of nitrogens with two attached hydrogens (primary N) is 1. The predicted molar refractivity (Wildman–Crippen MR) is 67.9 cm³/mol. The third-order valence-electron chi connectivity index (χ3n) is 2.49. The molecule has 0 unspecified atom stereocenters. The number of pyridine rings is 1. The normalized spacial score (nSPS) is 10.0. The molecule has 0 radical (unpaired) electrons. The van der Waals surface area contributed by atoms with E-state index < -0.39 is 0 Å². The number of hydrogen-bond acceptors (Lipinski definition) is 4. The van der Waals surface area contributed by atoms with Gasteiger partial charge in [0, 0.05) is 18.9 Å². The molecule has 5 nitrogen and oxygen atoms in total. The summed E-state index contributed by atoms with van der Waals surface area (Å²) < 4.78 is 0. The number of aromatic hydroxyl groups is 1. The maximum absolute atomic E-state index is 11.8. The Kier molecular flexibility index (Phi) is 3.43. The Morgan fingerprint density at radius 3 is 2.89 bits per heavy atom. The highest BCUT2D eigenvalue weighted by Gasteiger charge is 2.12. The Hall–Kier alpha value is -2.56. The number of nitrogens with zero attached hydrogens (tertiary/aromatic N) is 1. The second-order valence-electron chi connectivity index (χ2n) is 3.79. The molecule has 0 spiro atoms. The van der Waals surface area contributed by atoms with Crippen molar-refractivity contribution in [2.24, 2.45) is 0 Å². The quantitative estimate of drug-likeness (QED) is 0.560. The predicted octanol–water partition coefficient (Wildman–Crippen LogP) is 1.30. The zero-order valence-electron chi connectivity index (χ0n) is 9.63. The molecule has 0 bridgehead atoms. The van der Waals surface area contributed by atoms with E-state index in [1.807, 2.05) is 6.07 Å². The Labute approximate surface area is 104 Å². The number of benzene rings is 1. The molecule has 0 saturated carbocycles. The number of phenolic OH excluding ortho intramolecular Hbond substituents is 1. The number of anilines is 1. The van der Waals surface area contributed by atoms with Crippen molar-refractivity contribution in [2.75, 3.05) is 5.73 Å². The zero-order chi connectivity index (χ0) is 13.0. The van der Waals surface area contributed by atoms with Crippen LogP contribution in [0.15, 0.2) is 42.7 Å². The lowest BCUT2D eigenvalue weighted by atomic mass is 10.1. The van der Waals surface area contributed by atoms with Crippen LogP contribution in [-0.4, -0.2) is 16.0 Å². The van der Waals surface area contributed by atoms with Crippen LogP contribution in [0.4, 0.5) is 5.69 Å². The molecule has 2 rings (SSSR count). The highest BCUT2D eigenvalue weighted by Crippen LogP contribution is 2.24. The Bertz CT molecular complexity index is 555. The number of phenols is 1.